The van der Waals surface area contributed by atoms with E-state index in [1.807, 2.05) is 0 Å². The number of amides is 2. The van der Waals surface area contributed by atoms with Crippen LogP contribution in [0.2, 0.25) is 0 Å². The summed E-state index contributed by atoms with van der Waals surface area (Å²) < 4.78 is 5.09. The number of rotatable bonds is 8. The molecule has 1 aromatic heterocycles. The Morgan fingerprint density at radius 1 is 1.06 bits per heavy atom. The van der Waals surface area contributed by atoms with E-state index in [0.29, 0.717) is 10.6 Å². The lowest BCUT2D eigenvalue weighted by atomic mass is 10.1. The van der Waals surface area contributed by atoms with Crippen molar-refractivity contribution in [2.45, 2.75) is 27.3 Å². The standard InChI is InChI=1S/C23H30N4O4S/c1-4-31-23(30)19-16(3)20(21(24)29)32-22(19)25-18(28)14-27-11-9-26(10-12-27)13-17-7-5-15(2)6-8-17/h5-8H,4,9-14H2,1-3H3,(H2,24,29)(H,25,28). The first-order chi connectivity index (χ1) is 15.3. The molecule has 0 bridgehead atoms. The molecular weight excluding hydrogens is 428 g/mol. The number of anilines is 1. The van der Waals surface area contributed by atoms with Crippen molar-refractivity contribution >= 4 is 34.1 Å². The minimum atomic E-state index is -0.636. The summed E-state index contributed by atoms with van der Waals surface area (Å²) in [6, 6.07) is 8.55. The van der Waals surface area contributed by atoms with Crippen molar-refractivity contribution in [1.82, 2.24) is 9.80 Å². The van der Waals surface area contributed by atoms with Crippen LogP contribution < -0.4 is 11.1 Å². The number of nitrogens with one attached hydrogen (secondary N) is 1. The first kappa shape index (κ1) is 23.9. The maximum atomic E-state index is 12.7. The summed E-state index contributed by atoms with van der Waals surface area (Å²) in [4.78, 5) is 41.4. The molecule has 1 aromatic carbocycles. The number of piperazine rings is 1. The zero-order chi connectivity index (χ0) is 23.3. The smallest absolute Gasteiger partial charge is 0.341 e. The van der Waals surface area contributed by atoms with Crippen molar-refractivity contribution < 1.29 is 19.1 Å². The molecule has 0 saturated carbocycles. The van der Waals surface area contributed by atoms with Crippen LogP contribution in [0.1, 0.15) is 43.6 Å². The zero-order valence-corrected chi connectivity index (χ0v) is 19.6. The summed E-state index contributed by atoms with van der Waals surface area (Å²) >= 11 is 1.01. The number of primary amides is 1. The van der Waals surface area contributed by atoms with Crippen molar-refractivity contribution in [2.24, 2.45) is 5.73 Å². The number of hydrogen-bond donors (Lipinski definition) is 2. The van der Waals surface area contributed by atoms with E-state index < -0.39 is 11.9 Å². The zero-order valence-electron chi connectivity index (χ0n) is 18.8. The van der Waals surface area contributed by atoms with Crippen molar-refractivity contribution in [3.05, 3.63) is 51.4 Å². The summed E-state index contributed by atoms with van der Waals surface area (Å²) in [5.74, 6) is -1.45. The van der Waals surface area contributed by atoms with Crippen molar-refractivity contribution in [2.75, 3.05) is 44.6 Å². The van der Waals surface area contributed by atoms with Crippen molar-refractivity contribution in [3.63, 3.8) is 0 Å². The maximum Gasteiger partial charge on any atom is 0.341 e. The van der Waals surface area contributed by atoms with Crippen LogP contribution in [0.25, 0.3) is 0 Å². The number of thiophene rings is 1. The van der Waals surface area contributed by atoms with E-state index in [-0.39, 0.29) is 29.5 Å². The van der Waals surface area contributed by atoms with Crippen LogP contribution in [0.5, 0.6) is 0 Å². The molecule has 32 heavy (non-hydrogen) atoms. The molecule has 0 spiro atoms. The predicted molar refractivity (Wildman–Crippen MR) is 125 cm³/mol. The number of benzene rings is 1. The molecule has 3 rings (SSSR count). The third-order valence-electron chi connectivity index (χ3n) is 5.46. The molecule has 2 heterocycles. The highest BCUT2D eigenvalue weighted by Crippen LogP contribution is 2.33. The van der Waals surface area contributed by atoms with Crippen LogP contribution in [-0.4, -0.2) is 66.9 Å². The Hall–Kier alpha value is -2.75. The van der Waals surface area contributed by atoms with Crippen molar-refractivity contribution in [3.8, 4) is 0 Å². The fourth-order valence-corrected chi connectivity index (χ4v) is 4.78. The maximum absolute atomic E-state index is 12.7. The number of ether oxygens (including phenoxy) is 1. The van der Waals surface area contributed by atoms with E-state index in [0.717, 1.165) is 44.1 Å². The summed E-state index contributed by atoms with van der Waals surface area (Å²) in [5.41, 5.74) is 8.58. The molecule has 1 fully saturated rings. The number of nitrogens with zero attached hydrogens (tertiary/aromatic N) is 2. The molecule has 1 saturated heterocycles. The molecule has 8 nitrogen and oxygen atoms in total. The van der Waals surface area contributed by atoms with Gasteiger partial charge in [-0.15, -0.1) is 11.3 Å². The summed E-state index contributed by atoms with van der Waals surface area (Å²) in [5, 5.41) is 3.09. The molecular formula is C23H30N4O4S. The Morgan fingerprint density at radius 3 is 2.28 bits per heavy atom. The second kappa shape index (κ2) is 10.7. The number of carbonyl (C=O) groups is 3. The van der Waals surface area contributed by atoms with Crippen LogP contribution >= 0.6 is 11.3 Å². The molecule has 1 aliphatic heterocycles. The molecule has 3 N–H and O–H groups in total. The summed E-state index contributed by atoms with van der Waals surface area (Å²) in [6.45, 7) is 10.0. The van der Waals surface area contributed by atoms with Crippen LogP contribution in [-0.2, 0) is 16.1 Å². The molecule has 1 aliphatic rings. The Labute approximate surface area is 192 Å². The van der Waals surface area contributed by atoms with Gasteiger partial charge in [-0.1, -0.05) is 29.8 Å². The third-order valence-corrected chi connectivity index (χ3v) is 6.68. The van der Waals surface area contributed by atoms with E-state index in [4.69, 9.17) is 10.5 Å². The van der Waals surface area contributed by atoms with Gasteiger partial charge in [0.1, 0.15) is 5.00 Å². The Balaban J connectivity index is 1.57. The van der Waals surface area contributed by atoms with Crippen LogP contribution in [0.3, 0.4) is 0 Å². The van der Waals surface area contributed by atoms with Gasteiger partial charge in [0.2, 0.25) is 5.91 Å². The molecule has 9 heteroatoms. The normalized spacial score (nSPS) is 14.8. The van der Waals surface area contributed by atoms with E-state index in [1.165, 1.54) is 11.1 Å². The minimum absolute atomic E-state index is 0.195. The van der Waals surface area contributed by atoms with Gasteiger partial charge in [0.15, 0.2) is 0 Å². The van der Waals surface area contributed by atoms with Crippen LogP contribution in [0.4, 0.5) is 5.00 Å². The first-order valence-corrected chi connectivity index (χ1v) is 11.5. The predicted octanol–water partition coefficient (Wildman–Crippen LogP) is 2.40. The summed E-state index contributed by atoms with van der Waals surface area (Å²) in [7, 11) is 0. The van der Waals surface area contributed by atoms with Gasteiger partial charge >= 0.3 is 5.97 Å². The minimum Gasteiger partial charge on any atom is -0.462 e. The van der Waals surface area contributed by atoms with Crippen molar-refractivity contribution in [1.29, 1.82) is 0 Å². The quantitative estimate of drug-likeness (QED) is 0.589. The number of hydrogen-bond acceptors (Lipinski definition) is 7. The number of carbonyl (C=O) groups excluding carboxylic acids is 3. The lowest BCUT2D eigenvalue weighted by Crippen LogP contribution is -2.48. The van der Waals surface area contributed by atoms with Crippen LogP contribution in [0.15, 0.2) is 24.3 Å². The molecule has 2 aromatic rings. The van der Waals surface area contributed by atoms with E-state index in [2.05, 4.69) is 46.3 Å². The first-order valence-electron chi connectivity index (χ1n) is 10.7. The van der Waals surface area contributed by atoms with Crippen LogP contribution in [0, 0.1) is 13.8 Å². The highest BCUT2D eigenvalue weighted by atomic mass is 32.1. The SMILES string of the molecule is CCOC(=O)c1c(NC(=O)CN2CCN(Cc3ccc(C)cc3)CC2)sc(C(N)=O)c1C. The van der Waals surface area contributed by atoms with E-state index in [1.54, 1.807) is 13.8 Å². The highest BCUT2D eigenvalue weighted by Gasteiger charge is 2.26. The number of aryl methyl sites for hydroxylation is 1. The van der Waals surface area contributed by atoms with Gasteiger partial charge in [-0.3, -0.25) is 19.4 Å². The topological polar surface area (TPSA) is 105 Å². The number of esters is 1. The largest absolute Gasteiger partial charge is 0.462 e. The lowest BCUT2D eigenvalue weighted by Gasteiger charge is -2.34. The second-order valence-electron chi connectivity index (χ2n) is 7.93. The average molecular weight is 459 g/mol. The van der Waals surface area contributed by atoms with Gasteiger partial charge in [0, 0.05) is 32.7 Å². The summed E-state index contributed by atoms with van der Waals surface area (Å²) in [6.07, 6.45) is 0. The lowest BCUT2D eigenvalue weighted by molar-refractivity contribution is -0.117. The molecule has 2 amide bonds. The molecule has 0 atom stereocenters. The van der Waals surface area contributed by atoms with E-state index in [9.17, 15) is 14.4 Å². The van der Waals surface area contributed by atoms with Gasteiger partial charge < -0.3 is 15.8 Å². The monoisotopic (exact) mass is 458 g/mol. The number of nitrogens with two attached hydrogens (primary N) is 1. The second-order valence-corrected chi connectivity index (χ2v) is 8.95. The fraction of sp³-hybridized carbons (Fsp3) is 0.435. The highest BCUT2D eigenvalue weighted by molar-refractivity contribution is 7.18. The average Bonchev–Trinajstić information content (AvgIpc) is 3.07. The van der Waals surface area contributed by atoms with E-state index >= 15 is 0 Å². The molecule has 0 unspecified atom stereocenters. The third kappa shape index (κ3) is 5.93. The Kier molecular flexibility index (Phi) is 8.00. The molecule has 0 radical (unpaired) electrons. The van der Waals surface area contributed by atoms with Gasteiger partial charge in [0.25, 0.3) is 5.91 Å². The fourth-order valence-electron chi connectivity index (χ4n) is 3.71. The molecule has 172 valence electrons. The molecule has 0 aliphatic carbocycles. The van der Waals surface area contributed by atoms with Gasteiger partial charge in [0.05, 0.1) is 23.6 Å². The van der Waals surface area contributed by atoms with Gasteiger partial charge in [-0.25, -0.2) is 4.79 Å². The van der Waals surface area contributed by atoms with Gasteiger partial charge in [-0.05, 0) is 31.9 Å². The Morgan fingerprint density at radius 2 is 1.69 bits per heavy atom. The van der Waals surface area contributed by atoms with Gasteiger partial charge in [-0.2, -0.15) is 0 Å². The Bertz CT molecular complexity index is 979.